The van der Waals surface area contributed by atoms with E-state index in [2.05, 4.69) is 0 Å². The van der Waals surface area contributed by atoms with E-state index in [1.165, 1.54) is 0 Å². The van der Waals surface area contributed by atoms with E-state index < -0.39 is 19.9 Å². The van der Waals surface area contributed by atoms with Crippen LogP contribution in [0.15, 0.2) is 29.2 Å². The Bertz CT molecular complexity index is 421. The molecule has 0 saturated heterocycles. The van der Waals surface area contributed by atoms with Crippen molar-refractivity contribution >= 4 is 15.8 Å². The molecular formula is C6H4NO5S. The topological polar surface area (TPSA) is 97.2 Å². The minimum atomic E-state index is -4.52. The fraction of sp³-hybridized carbons (Fsp3) is 0. The number of hydrogen-bond donors (Lipinski definition) is 0. The van der Waals surface area contributed by atoms with Crippen LogP contribution < -0.4 is 0 Å². The summed E-state index contributed by atoms with van der Waals surface area (Å²) in [6.45, 7) is 0. The van der Waals surface area contributed by atoms with Crippen LogP contribution in [-0.4, -0.2) is 13.3 Å². The van der Waals surface area contributed by atoms with Crippen LogP contribution in [0.5, 0.6) is 0 Å². The maximum Gasteiger partial charge on any atom is 0.324 e. The van der Waals surface area contributed by atoms with E-state index in [0.29, 0.717) is 0 Å². The Balaban J connectivity index is 3.16. The fourth-order valence-corrected chi connectivity index (χ4v) is 1.20. The molecular weight excluding hydrogens is 198 g/mol. The number of nitrogens with zero attached hydrogens (tertiary/aromatic N) is 1. The van der Waals surface area contributed by atoms with Crippen LogP contribution in [0, 0.1) is 10.1 Å². The Hall–Kier alpha value is -1.47. The van der Waals surface area contributed by atoms with E-state index in [9.17, 15) is 23.1 Å². The predicted molar refractivity (Wildman–Crippen MR) is 41.0 cm³/mol. The van der Waals surface area contributed by atoms with Gasteiger partial charge >= 0.3 is 10.1 Å². The maximum absolute atomic E-state index is 10.4. The highest BCUT2D eigenvalue weighted by Crippen LogP contribution is 2.15. The Labute approximate surface area is 73.7 Å². The molecule has 69 valence electrons. The molecule has 0 aliphatic carbocycles. The Morgan fingerprint density at radius 2 is 1.62 bits per heavy atom. The molecule has 1 aromatic rings. The summed E-state index contributed by atoms with van der Waals surface area (Å²) in [5.41, 5.74) is -0.257. The predicted octanol–water partition coefficient (Wildman–Crippen LogP) is 0.714. The second kappa shape index (κ2) is 3.11. The lowest BCUT2D eigenvalue weighted by molar-refractivity contribution is -0.384. The van der Waals surface area contributed by atoms with Gasteiger partial charge in [-0.3, -0.25) is 10.1 Å². The monoisotopic (exact) mass is 202 g/mol. The lowest BCUT2D eigenvalue weighted by Crippen LogP contribution is -1.96. The van der Waals surface area contributed by atoms with Gasteiger partial charge < -0.3 is 0 Å². The van der Waals surface area contributed by atoms with Crippen molar-refractivity contribution in [2.45, 2.75) is 4.90 Å². The minimum absolute atomic E-state index is 0.257. The van der Waals surface area contributed by atoms with Crippen molar-refractivity contribution in [3.8, 4) is 0 Å². The fourth-order valence-electron chi connectivity index (χ4n) is 0.735. The lowest BCUT2D eigenvalue weighted by Gasteiger charge is -1.93. The van der Waals surface area contributed by atoms with Crippen molar-refractivity contribution < 1.29 is 17.9 Å². The van der Waals surface area contributed by atoms with Gasteiger partial charge in [-0.15, -0.1) is 0 Å². The van der Waals surface area contributed by atoms with Crippen molar-refractivity contribution in [1.29, 1.82) is 0 Å². The zero-order valence-electron chi connectivity index (χ0n) is 6.21. The van der Waals surface area contributed by atoms with Gasteiger partial charge in [0.05, 0.1) is 9.82 Å². The normalized spacial score (nSPS) is 11.2. The molecule has 0 aliphatic heterocycles. The van der Waals surface area contributed by atoms with E-state index in [-0.39, 0.29) is 5.69 Å². The molecule has 1 rings (SSSR count). The Morgan fingerprint density at radius 3 is 1.92 bits per heavy atom. The highest BCUT2D eigenvalue weighted by Gasteiger charge is 2.13. The van der Waals surface area contributed by atoms with Gasteiger partial charge in [-0.2, -0.15) is 8.42 Å². The van der Waals surface area contributed by atoms with Gasteiger partial charge in [0.1, 0.15) is 0 Å². The second-order valence-electron chi connectivity index (χ2n) is 2.21. The average molecular weight is 202 g/mol. The molecule has 0 atom stereocenters. The van der Waals surface area contributed by atoms with E-state index in [0.717, 1.165) is 24.3 Å². The lowest BCUT2D eigenvalue weighted by atomic mass is 10.3. The van der Waals surface area contributed by atoms with Gasteiger partial charge in [-0.25, -0.2) is 0 Å². The molecule has 0 aromatic heterocycles. The van der Waals surface area contributed by atoms with Gasteiger partial charge in [0.2, 0.25) is 0 Å². The molecule has 0 fully saturated rings. The van der Waals surface area contributed by atoms with Crippen LogP contribution in [0.2, 0.25) is 0 Å². The van der Waals surface area contributed by atoms with E-state index in [1.807, 2.05) is 0 Å². The van der Waals surface area contributed by atoms with Crippen LogP contribution in [0.3, 0.4) is 0 Å². The summed E-state index contributed by atoms with van der Waals surface area (Å²) in [6.07, 6.45) is 0. The molecule has 0 amide bonds. The summed E-state index contributed by atoms with van der Waals surface area (Å²) < 4.78 is 31.2. The largest absolute Gasteiger partial charge is 0.324 e. The summed E-state index contributed by atoms with van der Waals surface area (Å²) in [5.74, 6) is 0. The van der Waals surface area contributed by atoms with Crippen LogP contribution in [0.1, 0.15) is 0 Å². The van der Waals surface area contributed by atoms with Crippen molar-refractivity contribution in [2.24, 2.45) is 0 Å². The molecule has 7 heteroatoms. The molecule has 6 nitrogen and oxygen atoms in total. The second-order valence-corrected chi connectivity index (χ2v) is 3.58. The van der Waals surface area contributed by atoms with Crippen molar-refractivity contribution in [2.75, 3.05) is 0 Å². The number of benzene rings is 1. The van der Waals surface area contributed by atoms with Gasteiger partial charge in [0.25, 0.3) is 5.69 Å². The summed E-state index contributed by atoms with van der Waals surface area (Å²) in [6, 6.07) is 3.73. The molecule has 0 unspecified atom stereocenters. The smallest absolute Gasteiger partial charge is 0.258 e. The Kier molecular flexibility index (Phi) is 2.30. The van der Waals surface area contributed by atoms with Crippen molar-refractivity contribution in [1.82, 2.24) is 0 Å². The molecule has 0 aliphatic rings. The van der Waals surface area contributed by atoms with Gasteiger partial charge in [0, 0.05) is 12.1 Å². The molecule has 0 saturated carbocycles. The average Bonchev–Trinajstić information content (AvgIpc) is 2.03. The van der Waals surface area contributed by atoms with Gasteiger partial charge in [-0.1, -0.05) is 4.55 Å². The van der Waals surface area contributed by atoms with E-state index in [1.54, 1.807) is 0 Å². The third-order valence-electron chi connectivity index (χ3n) is 1.34. The number of hydrogen-bond acceptors (Lipinski definition) is 4. The molecule has 0 spiro atoms. The summed E-state index contributed by atoms with van der Waals surface area (Å²) in [7, 11) is -4.52. The van der Waals surface area contributed by atoms with Crippen molar-refractivity contribution in [3.63, 3.8) is 0 Å². The number of non-ortho nitro benzene ring substituents is 1. The highest BCUT2D eigenvalue weighted by molar-refractivity contribution is 7.85. The van der Waals surface area contributed by atoms with Gasteiger partial charge in [-0.05, 0) is 12.1 Å². The number of nitro benzene ring substituents is 1. The van der Waals surface area contributed by atoms with Crippen LogP contribution in [0.25, 0.3) is 0 Å². The quantitative estimate of drug-likeness (QED) is 0.521. The molecule has 0 heterocycles. The van der Waals surface area contributed by atoms with Gasteiger partial charge in [0.15, 0.2) is 0 Å². The van der Waals surface area contributed by atoms with Crippen LogP contribution in [-0.2, 0) is 14.7 Å². The summed E-state index contributed by atoms with van der Waals surface area (Å²) >= 11 is 0. The first-order valence-corrected chi connectivity index (χ1v) is 4.52. The molecule has 0 N–H and O–H groups in total. The SMILES string of the molecule is [O]S(=O)(=O)c1ccc([N+](=O)[O-])cc1. The number of rotatable bonds is 2. The van der Waals surface area contributed by atoms with Crippen LogP contribution >= 0.6 is 0 Å². The first-order valence-electron chi connectivity index (χ1n) is 3.11. The maximum atomic E-state index is 10.4. The summed E-state index contributed by atoms with van der Waals surface area (Å²) in [5, 5.41) is 10.1. The highest BCUT2D eigenvalue weighted by atomic mass is 32.2. The number of nitro groups is 1. The summed E-state index contributed by atoms with van der Waals surface area (Å²) in [4.78, 5) is 8.99. The molecule has 1 radical (unpaired) electrons. The third-order valence-corrected chi connectivity index (χ3v) is 2.19. The first kappa shape index (κ1) is 9.62. The Morgan fingerprint density at radius 1 is 1.15 bits per heavy atom. The molecule has 1 aromatic carbocycles. The first-order chi connectivity index (χ1) is 5.91. The zero-order valence-corrected chi connectivity index (χ0v) is 7.02. The minimum Gasteiger partial charge on any atom is -0.258 e. The van der Waals surface area contributed by atoms with E-state index >= 15 is 0 Å². The molecule has 0 bridgehead atoms. The standard InChI is InChI=1S/C6H4NO5S/c8-7(9)5-1-3-6(4-2-5)13(10,11)12/h1-4H. The van der Waals surface area contributed by atoms with E-state index in [4.69, 9.17) is 0 Å². The zero-order chi connectivity index (χ0) is 10.1. The van der Waals surface area contributed by atoms with Crippen LogP contribution in [0.4, 0.5) is 5.69 Å². The third kappa shape index (κ3) is 2.23. The molecule has 13 heavy (non-hydrogen) atoms. The van der Waals surface area contributed by atoms with Crippen molar-refractivity contribution in [3.05, 3.63) is 34.4 Å².